The van der Waals surface area contributed by atoms with Crippen LogP contribution in [-0.4, -0.2) is 48.7 Å². The van der Waals surface area contributed by atoms with Gasteiger partial charge in [-0.05, 0) is 28.2 Å². The number of fused-ring (bicyclic) bond motifs is 1. The van der Waals surface area contributed by atoms with Crippen molar-refractivity contribution in [3.63, 3.8) is 0 Å². The number of anilines is 1. The number of aromatic nitrogens is 3. The summed E-state index contributed by atoms with van der Waals surface area (Å²) < 4.78 is 2.59. The number of rotatable bonds is 2. The average Bonchev–Trinajstić information content (AvgIpc) is 2.90. The molecule has 0 amide bonds. The number of aliphatic hydroxyl groups is 3. The van der Waals surface area contributed by atoms with Gasteiger partial charge in [-0.25, -0.2) is 9.97 Å². The van der Waals surface area contributed by atoms with Crippen LogP contribution in [0.5, 0.6) is 0 Å². The third-order valence-electron chi connectivity index (χ3n) is 4.61. The molecule has 1 aliphatic carbocycles. The molecule has 118 valence electrons. The second-order valence-corrected chi connectivity index (χ2v) is 6.99. The Morgan fingerprint density at radius 3 is 2.73 bits per heavy atom. The molecular formula is C14H17IN4O3. The van der Waals surface area contributed by atoms with Gasteiger partial charge in [-0.2, -0.15) is 0 Å². The van der Waals surface area contributed by atoms with Gasteiger partial charge in [0, 0.05) is 15.2 Å². The van der Waals surface area contributed by atoms with Gasteiger partial charge in [0.25, 0.3) is 0 Å². The number of nitrogens with two attached hydrogens (primary N) is 1. The fraction of sp³-hybridized carbons (Fsp3) is 0.429. The smallest absolute Gasteiger partial charge is 0.147 e. The molecule has 2 heterocycles. The highest BCUT2D eigenvalue weighted by molar-refractivity contribution is 14.1. The molecule has 0 saturated heterocycles. The minimum Gasteiger partial charge on any atom is -0.395 e. The molecule has 8 heteroatoms. The highest BCUT2D eigenvalue weighted by atomic mass is 127. The summed E-state index contributed by atoms with van der Waals surface area (Å²) >= 11 is 2.12. The van der Waals surface area contributed by atoms with Crippen LogP contribution in [0.1, 0.15) is 13.0 Å². The van der Waals surface area contributed by atoms with Gasteiger partial charge >= 0.3 is 0 Å². The fourth-order valence-corrected chi connectivity index (χ4v) is 3.90. The van der Waals surface area contributed by atoms with E-state index >= 15 is 0 Å². The van der Waals surface area contributed by atoms with Gasteiger partial charge < -0.3 is 25.6 Å². The summed E-state index contributed by atoms with van der Waals surface area (Å²) in [5.74, 6) is 0.358. The largest absolute Gasteiger partial charge is 0.395 e. The summed E-state index contributed by atoms with van der Waals surface area (Å²) in [4.78, 5) is 8.23. The lowest BCUT2D eigenvalue weighted by atomic mass is 9.84. The Balaban J connectivity index is 2.21. The van der Waals surface area contributed by atoms with Crippen LogP contribution in [0.4, 0.5) is 5.82 Å². The van der Waals surface area contributed by atoms with Crippen LogP contribution in [0.3, 0.4) is 0 Å². The lowest BCUT2D eigenvalue weighted by molar-refractivity contribution is -0.0359. The van der Waals surface area contributed by atoms with E-state index in [-0.39, 0.29) is 6.61 Å². The topological polar surface area (TPSA) is 117 Å². The maximum atomic E-state index is 10.5. The molecular weight excluding hydrogens is 399 g/mol. The predicted molar refractivity (Wildman–Crippen MR) is 90.0 cm³/mol. The molecule has 0 radical (unpaired) electrons. The molecule has 22 heavy (non-hydrogen) atoms. The van der Waals surface area contributed by atoms with Crippen molar-refractivity contribution in [1.82, 2.24) is 14.5 Å². The Morgan fingerprint density at radius 2 is 2.14 bits per heavy atom. The van der Waals surface area contributed by atoms with Gasteiger partial charge in [-0.3, -0.25) is 0 Å². The highest BCUT2D eigenvalue weighted by Crippen LogP contribution is 2.49. The van der Waals surface area contributed by atoms with E-state index in [0.717, 1.165) is 3.57 Å². The third-order valence-corrected chi connectivity index (χ3v) is 5.43. The van der Waals surface area contributed by atoms with Gasteiger partial charge in [0.1, 0.15) is 23.9 Å². The minimum absolute atomic E-state index is 0.298. The predicted octanol–water partition coefficient (Wildman–Crippen LogP) is 0.449. The third kappa shape index (κ3) is 1.91. The first-order chi connectivity index (χ1) is 10.3. The monoisotopic (exact) mass is 416 g/mol. The summed E-state index contributed by atoms with van der Waals surface area (Å²) in [7, 11) is 0. The van der Waals surface area contributed by atoms with Crippen molar-refractivity contribution in [3.8, 4) is 0 Å². The quantitative estimate of drug-likeness (QED) is 0.417. The van der Waals surface area contributed by atoms with E-state index in [9.17, 15) is 15.3 Å². The molecule has 4 atom stereocenters. The summed E-state index contributed by atoms with van der Waals surface area (Å²) in [5, 5.41) is 31.1. The number of aliphatic hydroxyl groups excluding tert-OH is 3. The molecule has 0 spiro atoms. The average molecular weight is 416 g/mol. The molecule has 0 unspecified atom stereocenters. The molecule has 7 nitrogen and oxygen atoms in total. The summed E-state index contributed by atoms with van der Waals surface area (Å²) in [6.07, 6.45) is 0.956. The molecule has 1 saturated carbocycles. The van der Waals surface area contributed by atoms with Crippen molar-refractivity contribution in [2.24, 2.45) is 5.41 Å². The van der Waals surface area contributed by atoms with Gasteiger partial charge in [-0.1, -0.05) is 13.5 Å². The number of hydrogen-bond donors (Lipinski definition) is 4. The zero-order valence-electron chi connectivity index (χ0n) is 11.9. The first-order valence-corrected chi connectivity index (χ1v) is 7.83. The zero-order valence-corrected chi connectivity index (χ0v) is 14.1. The van der Waals surface area contributed by atoms with E-state index in [4.69, 9.17) is 5.73 Å². The van der Waals surface area contributed by atoms with Crippen LogP contribution < -0.4 is 5.73 Å². The second kappa shape index (κ2) is 5.15. The molecule has 5 N–H and O–H groups in total. The van der Waals surface area contributed by atoms with Gasteiger partial charge in [-0.15, -0.1) is 0 Å². The lowest BCUT2D eigenvalue weighted by Gasteiger charge is -2.27. The van der Waals surface area contributed by atoms with Crippen LogP contribution in [0.2, 0.25) is 0 Å². The Hall–Kier alpha value is -1.23. The standard InChI is InChI=1S/C14H17IN4O3/c1-6-9(10(21)11(22)14(6,2)4-20)19-3-7(15)8-12(16)17-5-18-13(8)19/h3,5,9-11,20-22H,1,4H2,2H3,(H2,16,17,18)/t9-,10+,11+,14+/m1/s1. The second-order valence-electron chi connectivity index (χ2n) is 5.82. The molecule has 2 aromatic heterocycles. The van der Waals surface area contributed by atoms with Crippen molar-refractivity contribution in [3.05, 3.63) is 28.2 Å². The number of nitrogen functional groups attached to an aromatic ring is 1. The van der Waals surface area contributed by atoms with Crippen molar-refractivity contribution in [2.45, 2.75) is 25.2 Å². The van der Waals surface area contributed by atoms with Crippen molar-refractivity contribution in [1.29, 1.82) is 0 Å². The fourth-order valence-electron chi connectivity index (χ4n) is 3.09. The zero-order chi connectivity index (χ0) is 16.2. The van der Waals surface area contributed by atoms with E-state index in [2.05, 4.69) is 39.1 Å². The van der Waals surface area contributed by atoms with Crippen molar-refractivity contribution < 1.29 is 15.3 Å². The van der Waals surface area contributed by atoms with Crippen molar-refractivity contribution >= 4 is 39.4 Å². The number of hydrogen-bond acceptors (Lipinski definition) is 6. The van der Waals surface area contributed by atoms with Gasteiger partial charge in [0.2, 0.25) is 0 Å². The minimum atomic E-state index is -1.11. The van der Waals surface area contributed by atoms with E-state index in [1.165, 1.54) is 6.33 Å². The lowest BCUT2D eigenvalue weighted by Crippen LogP contribution is -2.37. The van der Waals surface area contributed by atoms with Crippen LogP contribution in [0, 0.1) is 8.99 Å². The first kappa shape index (κ1) is 15.7. The molecule has 0 aromatic carbocycles. The molecule has 3 rings (SSSR count). The molecule has 0 aliphatic heterocycles. The van der Waals surface area contributed by atoms with Crippen LogP contribution in [0.25, 0.3) is 11.0 Å². The highest BCUT2D eigenvalue weighted by Gasteiger charge is 2.53. The van der Waals surface area contributed by atoms with E-state index < -0.39 is 23.7 Å². The molecule has 1 fully saturated rings. The van der Waals surface area contributed by atoms with Gasteiger partial charge in [0.05, 0.1) is 24.1 Å². The SMILES string of the molecule is C=C1[C@@H](n2cc(I)c3c(N)ncnc32)[C@H](O)[C@H](O)[C@@]1(C)CO. The molecule has 0 bridgehead atoms. The maximum Gasteiger partial charge on any atom is 0.147 e. The summed E-state index contributed by atoms with van der Waals surface area (Å²) in [5.41, 5.74) is 6.06. The maximum absolute atomic E-state index is 10.5. The number of nitrogens with zero attached hydrogens (tertiary/aromatic N) is 3. The molecule has 1 aliphatic rings. The van der Waals surface area contributed by atoms with Crippen LogP contribution >= 0.6 is 22.6 Å². The Morgan fingerprint density at radius 1 is 1.45 bits per heavy atom. The summed E-state index contributed by atoms with van der Waals surface area (Å²) in [6.45, 7) is 5.38. The first-order valence-electron chi connectivity index (χ1n) is 6.75. The van der Waals surface area contributed by atoms with E-state index in [0.29, 0.717) is 22.4 Å². The summed E-state index contributed by atoms with van der Waals surface area (Å²) in [6, 6.07) is -0.590. The Bertz CT molecular complexity index is 762. The molecule has 2 aromatic rings. The normalized spacial score (nSPS) is 32.0. The van der Waals surface area contributed by atoms with E-state index in [1.54, 1.807) is 17.7 Å². The van der Waals surface area contributed by atoms with Gasteiger partial charge in [0.15, 0.2) is 0 Å². The number of halogens is 1. The Kier molecular flexibility index (Phi) is 3.67. The van der Waals surface area contributed by atoms with Crippen molar-refractivity contribution in [2.75, 3.05) is 12.3 Å². The van der Waals surface area contributed by atoms with E-state index in [1.807, 2.05) is 0 Å². The van der Waals surface area contributed by atoms with Crippen LogP contribution in [-0.2, 0) is 0 Å². The van der Waals surface area contributed by atoms with Crippen LogP contribution in [0.15, 0.2) is 24.7 Å². The Labute approximate surface area is 140 Å².